The lowest BCUT2D eigenvalue weighted by molar-refractivity contribution is -0.137. The molecule has 0 saturated carbocycles. The van der Waals surface area contributed by atoms with Gasteiger partial charge in [0.05, 0.1) is 11.3 Å². The highest BCUT2D eigenvalue weighted by molar-refractivity contribution is 5.93. The van der Waals surface area contributed by atoms with Crippen molar-refractivity contribution in [3.05, 3.63) is 65.4 Å². The van der Waals surface area contributed by atoms with Gasteiger partial charge in [-0.05, 0) is 24.3 Å². The number of hydrogen-bond acceptors (Lipinski definition) is 3. The molecule has 1 N–H and O–H groups in total. The normalized spacial score (nSPS) is 11.6. The fourth-order valence-electron chi connectivity index (χ4n) is 2.44. The summed E-state index contributed by atoms with van der Waals surface area (Å²) in [6.07, 6.45) is -4.77. The van der Waals surface area contributed by atoms with E-state index < -0.39 is 46.4 Å². The molecular weight excluding hydrogens is 361 g/mol. The van der Waals surface area contributed by atoms with Gasteiger partial charge in [-0.1, -0.05) is 17.3 Å². The molecule has 0 unspecified atom stereocenters. The van der Waals surface area contributed by atoms with E-state index in [4.69, 9.17) is 0 Å². The van der Waals surface area contributed by atoms with E-state index in [2.05, 4.69) is 10.3 Å². The Labute approximate surface area is 142 Å². The van der Waals surface area contributed by atoms with Crippen molar-refractivity contribution in [1.29, 1.82) is 0 Å². The molecular formula is C16H8F5N3O2. The van der Waals surface area contributed by atoms with Crippen LogP contribution in [-0.4, -0.2) is 26.1 Å². The Balaban J connectivity index is 2.34. The van der Waals surface area contributed by atoms with Gasteiger partial charge in [0, 0.05) is 11.6 Å². The summed E-state index contributed by atoms with van der Waals surface area (Å²) in [5.74, 6) is -3.68. The van der Waals surface area contributed by atoms with E-state index >= 15 is 0 Å². The molecule has 26 heavy (non-hydrogen) atoms. The monoisotopic (exact) mass is 369 g/mol. The van der Waals surface area contributed by atoms with Gasteiger partial charge in [0.1, 0.15) is 17.3 Å². The molecule has 2 aromatic carbocycles. The van der Waals surface area contributed by atoms with Crippen LogP contribution in [0.5, 0.6) is 0 Å². The number of hydrogen-bond donors (Lipinski definition) is 1. The molecule has 0 spiro atoms. The number of carbonyl (C=O) groups is 1. The molecule has 1 heterocycles. The summed E-state index contributed by atoms with van der Waals surface area (Å²) in [5.41, 5.74) is -3.18. The third kappa shape index (κ3) is 3.13. The van der Waals surface area contributed by atoms with Crippen LogP contribution in [0.4, 0.5) is 22.0 Å². The van der Waals surface area contributed by atoms with E-state index in [0.717, 1.165) is 30.3 Å². The highest BCUT2D eigenvalue weighted by atomic mass is 19.4. The fraction of sp³-hybridized carbons (Fsp3) is 0.0625. The van der Waals surface area contributed by atoms with E-state index in [9.17, 15) is 31.9 Å². The number of alkyl halides is 3. The number of benzene rings is 2. The molecule has 0 aliphatic rings. The summed E-state index contributed by atoms with van der Waals surface area (Å²) in [6, 6.07) is 6.34. The topological polar surface area (TPSA) is 68.0 Å². The van der Waals surface area contributed by atoms with Crippen molar-refractivity contribution in [1.82, 2.24) is 15.0 Å². The van der Waals surface area contributed by atoms with Crippen molar-refractivity contribution >= 4 is 5.97 Å². The van der Waals surface area contributed by atoms with Gasteiger partial charge < -0.3 is 5.11 Å². The molecule has 10 heteroatoms. The molecule has 134 valence electrons. The minimum atomic E-state index is -4.77. The SMILES string of the molecule is O=C(O)c1nnn(-c2ccccc2C(F)(F)F)c1-c1cc(F)cc(F)c1. The van der Waals surface area contributed by atoms with E-state index in [1.165, 1.54) is 6.07 Å². The van der Waals surface area contributed by atoms with Gasteiger partial charge in [-0.25, -0.2) is 18.3 Å². The largest absolute Gasteiger partial charge is 0.476 e. The van der Waals surface area contributed by atoms with Gasteiger partial charge in [0.15, 0.2) is 5.69 Å². The van der Waals surface area contributed by atoms with Crippen LogP contribution in [0.1, 0.15) is 16.1 Å². The molecule has 0 radical (unpaired) electrons. The molecule has 0 saturated heterocycles. The maximum Gasteiger partial charge on any atom is 0.418 e. The zero-order chi connectivity index (χ0) is 19.1. The third-order valence-corrected chi connectivity index (χ3v) is 3.45. The van der Waals surface area contributed by atoms with Crippen LogP contribution in [0, 0.1) is 11.6 Å². The van der Waals surface area contributed by atoms with Gasteiger partial charge >= 0.3 is 12.1 Å². The van der Waals surface area contributed by atoms with Crippen molar-refractivity contribution in [2.45, 2.75) is 6.18 Å². The standard InChI is InChI=1S/C16H8F5N3O2/c17-9-5-8(6-10(18)7-9)14-13(15(25)26)22-23-24(14)12-4-2-1-3-11(12)16(19,20)21/h1-7H,(H,25,26). The van der Waals surface area contributed by atoms with Crippen LogP contribution in [0.2, 0.25) is 0 Å². The van der Waals surface area contributed by atoms with Gasteiger partial charge in [0.2, 0.25) is 0 Å². The number of aromatic nitrogens is 3. The molecule has 0 bridgehead atoms. The van der Waals surface area contributed by atoms with Crippen LogP contribution in [0.25, 0.3) is 16.9 Å². The Bertz CT molecular complexity index is 978. The van der Waals surface area contributed by atoms with Crippen LogP contribution in [0.15, 0.2) is 42.5 Å². The molecule has 0 fully saturated rings. The first-order chi connectivity index (χ1) is 12.2. The summed E-state index contributed by atoms with van der Waals surface area (Å²) < 4.78 is 67.5. The number of carboxylic acid groups (broad SMARTS) is 1. The summed E-state index contributed by atoms with van der Waals surface area (Å²) in [6.45, 7) is 0. The van der Waals surface area contributed by atoms with Gasteiger partial charge in [0.25, 0.3) is 0 Å². The first-order valence-electron chi connectivity index (χ1n) is 7.00. The average Bonchev–Trinajstić information content (AvgIpc) is 2.98. The highest BCUT2D eigenvalue weighted by Crippen LogP contribution is 2.36. The van der Waals surface area contributed by atoms with E-state index in [1.807, 2.05) is 0 Å². The molecule has 5 nitrogen and oxygen atoms in total. The lowest BCUT2D eigenvalue weighted by Gasteiger charge is -2.14. The second kappa shape index (κ2) is 6.21. The smallest absolute Gasteiger partial charge is 0.418 e. The van der Waals surface area contributed by atoms with E-state index in [-0.39, 0.29) is 5.56 Å². The van der Waals surface area contributed by atoms with Gasteiger partial charge in [-0.15, -0.1) is 5.10 Å². The maximum absolute atomic E-state index is 13.5. The lowest BCUT2D eigenvalue weighted by Crippen LogP contribution is -2.12. The third-order valence-electron chi connectivity index (χ3n) is 3.45. The average molecular weight is 369 g/mol. The minimum Gasteiger partial charge on any atom is -0.476 e. The zero-order valence-corrected chi connectivity index (χ0v) is 12.6. The zero-order valence-electron chi connectivity index (χ0n) is 12.6. The van der Waals surface area contributed by atoms with Gasteiger partial charge in [-0.3, -0.25) is 0 Å². The fourth-order valence-corrected chi connectivity index (χ4v) is 2.44. The Kier molecular flexibility index (Phi) is 4.18. The molecule has 0 amide bonds. The second-order valence-electron chi connectivity index (χ2n) is 5.18. The summed E-state index contributed by atoms with van der Waals surface area (Å²) in [4.78, 5) is 11.4. The van der Waals surface area contributed by atoms with E-state index in [0.29, 0.717) is 10.7 Å². The van der Waals surface area contributed by atoms with Crippen LogP contribution >= 0.6 is 0 Å². The van der Waals surface area contributed by atoms with Crippen LogP contribution in [0.3, 0.4) is 0 Å². The second-order valence-corrected chi connectivity index (χ2v) is 5.18. The quantitative estimate of drug-likeness (QED) is 0.711. The molecule has 0 aliphatic heterocycles. The number of aromatic carboxylic acids is 1. The summed E-state index contributed by atoms with van der Waals surface area (Å²) >= 11 is 0. The number of rotatable bonds is 3. The molecule has 0 atom stereocenters. The number of carboxylic acids is 1. The Morgan fingerprint density at radius 2 is 1.65 bits per heavy atom. The Hall–Kier alpha value is -3.30. The predicted octanol–water partition coefficient (Wildman–Crippen LogP) is 3.93. The molecule has 3 rings (SSSR count). The summed E-state index contributed by atoms with van der Waals surface area (Å²) in [7, 11) is 0. The molecule has 1 aromatic heterocycles. The van der Waals surface area contributed by atoms with Crippen molar-refractivity contribution in [3.8, 4) is 16.9 Å². The van der Waals surface area contributed by atoms with Crippen LogP contribution < -0.4 is 0 Å². The number of para-hydroxylation sites is 1. The van der Waals surface area contributed by atoms with Gasteiger partial charge in [-0.2, -0.15) is 13.2 Å². The van der Waals surface area contributed by atoms with Crippen LogP contribution in [-0.2, 0) is 6.18 Å². The van der Waals surface area contributed by atoms with Crippen molar-refractivity contribution < 1.29 is 31.9 Å². The lowest BCUT2D eigenvalue weighted by atomic mass is 10.1. The first kappa shape index (κ1) is 17.5. The first-order valence-corrected chi connectivity index (χ1v) is 7.00. The predicted molar refractivity (Wildman–Crippen MR) is 78.7 cm³/mol. The minimum absolute atomic E-state index is 0.318. The number of nitrogens with zero attached hydrogens (tertiary/aromatic N) is 3. The molecule has 0 aliphatic carbocycles. The summed E-state index contributed by atoms with van der Waals surface area (Å²) in [5, 5.41) is 16.0. The number of halogens is 5. The Morgan fingerprint density at radius 3 is 2.23 bits per heavy atom. The highest BCUT2D eigenvalue weighted by Gasteiger charge is 2.35. The Morgan fingerprint density at radius 1 is 1.04 bits per heavy atom. The maximum atomic E-state index is 13.5. The van der Waals surface area contributed by atoms with E-state index in [1.54, 1.807) is 0 Å². The molecule has 3 aromatic rings. The van der Waals surface area contributed by atoms with Crippen molar-refractivity contribution in [3.63, 3.8) is 0 Å². The van der Waals surface area contributed by atoms with Crippen molar-refractivity contribution in [2.24, 2.45) is 0 Å². The van der Waals surface area contributed by atoms with Crippen molar-refractivity contribution in [2.75, 3.05) is 0 Å².